The molecular formula is C14H22O5. The van der Waals surface area contributed by atoms with Gasteiger partial charge in [0.2, 0.25) is 0 Å². The minimum absolute atomic E-state index is 0.309. The van der Waals surface area contributed by atoms with Gasteiger partial charge < -0.3 is 24.4 Å². The third-order valence-electron chi connectivity index (χ3n) is 2.89. The van der Waals surface area contributed by atoms with Crippen LogP contribution < -0.4 is 4.74 Å². The minimum Gasteiger partial charge on any atom is -0.497 e. The second-order valence-electron chi connectivity index (χ2n) is 4.21. The first-order valence-electron chi connectivity index (χ1n) is 6.23. The predicted molar refractivity (Wildman–Crippen MR) is 71.2 cm³/mol. The van der Waals surface area contributed by atoms with Crippen molar-refractivity contribution in [1.29, 1.82) is 0 Å². The Morgan fingerprint density at radius 2 is 1.84 bits per heavy atom. The van der Waals surface area contributed by atoms with Crippen molar-refractivity contribution >= 4 is 0 Å². The van der Waals surface area contributed by atoms with Crippen molar-refractivity contribution in [2.24, 2.45) is 0 Å². The topological polar surface area (TPSA) is 68.2 Å². The van der Waals surface area contributed by atoms with Gasteiger partial charge in [-0.2, -0.15) is 0 Å². The van der Waals surface area contributed by atoms with Gasteiger partial charge in [0.15, 0.2) is 0 Å². The maximum absolute atomic E-state index is 9.45. The van der Waals surface area contributed by atoms with E-state index < -0.39 is 12.2 Å². The Morgan fingerprint density at radius 1 is 1.16 bits per heavy atom. The van der Waals surface area contributed by atoms with Gasteiger partial charge in [0.25, 0.3) is 0 Å². The summed E-state index contributed by atoms with van der Waals surface area (Å²) in [5.74, 6) is 0.814. The molecule has 0 radical (unpaired) electrons. The standard InChI is InChI=1S/C14H22O5/c1-17-12-5-3-11(4-6-12)10-19-8-7-14(18-2)13(16)9-15/h3-6,13-16H,7-10H2,1-2H3/t13?,14-/m1/s1. The van der Waals surface area contributed by atoms with E-state index in [9.17, 15) is 5.11 Å². The zero-order chi connectivity index (χ0) is 14.1. The van der Waals surface area contributed by atoms with Crippen LogP contribution in [0.5, 0.6) is 5.75 Å². The van der Waals surface area contributed by atoms with Crippen molar-refractivity contribution in [2.45, 2.75) is 25.2 Å². The summed E-state index contributed by atoms with van der Waals surface area (Å²) in [5, 5.41) is 18.3. The fourth-order valence-corrected chi connectivity index (χ4v) is 1.70. The van der Waals surface area contributed by atoms with Crippen LogP contribution in [-0.4, -0.2) is 49.9 Å². The zero-order valence-electron chi connectivity index (χ0n) is 11.4. The highest BCUT2D eigenvalue weighted by atomic mass is 16.5. The normalized spacial score (nSPS) is 14.1. The lowest BCUT2D eigenvalue weighted by Crippen LogP contribution is -2.32. The number of hydrogen-bond donors (Lipinski definition) is 2. The predicted octanol–water partition coefficient (Wildman–Crippen LogP) is 0.970. The van der Waals surface area contributed by atoms with Crippen molar-refractivity contribution in [3.8, 4) is 5.75 Å². The summed E-state index contributed by atoms with van der Waals surface area (Å²) in [7, 11) is 3.13. The first kappa shape index (κ1) is 15.9. The number of rotatable bonds is 9. The van der Waals surface area contributed by atoms with E-state index in [1.165, 1.54) is 7.11 Å². The van der Waals surface area contributed by atoms with Gasteiger partial charge in [-0.15, -0.1) is 0 Å². The molecule has 108 valence electrons. The summed E-state index contributed by atoms with van der Waals surface area (Å²) in [6.45, 7) is 0.647. The van der Waals surface area contributed by atoms with Crippen molar-refractivity contribution in [3.63, 3.8) is 0 Å². The molecule has 0 heterocycles. The molecule has 2 N–H and O–H groups in total. The Hall–Kier alpha value is -1.14. The number of benzene rings is 1. The SMILES string of the molecule is COc1ccc(COCC[C@@H](OC)C(O)CO)cc1. The highest BCUT2D eigenvalue weighted by Gasteiger charge is 2.17. The zero-order valence-corrected chi connectivity index (χ0v) is 11.4. The highest BCUT2D eigenvalue weighted by Crippen LogP contribution is 2.12. The summed E-state index contributed by atoms with van der Waals surface area (Å²) >= 11 is 0. The van der Waals surface area contributed by atoms with Crippen molar-refractivity contribution in [3.05, 3.63) is 29.8 Å². The van der Waals surface area contributed by atoms with Gasteiger partial charge in [-0.05, 0) is 24.1 Å². The Bertz CT molecular complexity index is 338. The lowest BCUT2D eigenvalue weighted by atomic mass is 10.1. The van der Waals surface area contributed by atoms with Crippen molar-refractivity contribution < 1.29 is 24.4 Å². The Balaban J connectivity index is 2.25. The molecule has 0 saturated carbocycles. The summed E-state index contributed by atoms with van der Waals surface area (Å²) < 4.78 is 15.7. The summed E-state index contributed by atoms with van der Waals surface area (Å²) in [6.07, 6.45) is -0.732. The molecule has 1 unspecified atom stereocenters. The maximum Gasteiger partial charge on any atom is 0.118 e. The van der Waals surface area contributed by atoms with E-state index in [4.69, 9.17) is 19.3 Å². The van der Waals surface area contributed by atoms with E-state index in [-0.39, 0.29) is 6.61 Å². The molecule has 2 atom stereocenters. The van der Waals surface area contributed by atoms with Crippen LogP contribution in [0.2, 0.25) is 0 Å². The Morgan fingerprint density at radius 3 is 2.37 bits per heavy atom. The molecule has 0 spiro atoms. The highest BCUT2D eigenvalue weighted by molar-refractivity contribution is 5.26. The number of aliphatic hydroxyl groups excluding tert-OH is 2. The third kappa shape index (κ3) is 5.57. The molecule has 0 aliphatic carbocycles. The van der Waals surface area contributed by atoms with E-state index in [1.54, 1.807) is 7.11 Å². The molecule has 5 nitrogen and oxygen atoms in total. The largest absolute Gasteiger partial charge is 0.497 e. The van der Waals surface area contributed by atoms with E-state index in [1.807, 2.05) is 24.3 Å². The summed E-state index contributed by atoms with van der Waals surface area (Å²) in [4.78, 5) is 0. The van der Waals surface area contributed by atoms with Crippen LogP contribution in [0.25, 0.3) is 0 Å². The first-order chi connectivity index (χ1) is 9.21. The molecule has 0 amide bonds. The molecule has 0 aliphatic rings. The molecule has 1 aromatic carbocycles. The number of hydrogen-bond acceptors (Lipinski definition) is 5. The molecule has 0 aromatic heterocycles. The Labute approximate surface area is 113 Å². The van der Waals surface area contributed by atoms with E-state index in [0.717, 1.165) is 11.3 Å². The first-order valence-corrected chi connectivity index (χ1v) is 6.23. The van der Waals surface area contributed by atoms with Gasteiger partial charge >= 0.3 is 0 Å². The molecule has 0 bridgehead atoms. The van der Waals surface area contributed by atoms with Crippen LogP contribution in [0, 0.1) is 0 Å². The van der Waals surface area contributed by atoms with Crippen LogP contribution in [0.3, 0.4) is 0 Å². The van der Waals surface area contributed by atoms with Gasteiger partial charge in [-0.25, -0.2) is 0 Å². The van der Waals surface area contributed by atoms with Gasteiger partial charge in [-0.3, -0.25) is 0 Å². The maximum atomic E-state index is 9.45. The lowest BCUT2D eigenvalue weighted by molar-refractivity contribution is -0.0529. The monoisotopic (exact) mass is 270 g/mol. The van der Waals surface area contributed by atoms with Crippen LogP contribution in [-0.2, 0) is 16.1 Å². The van der Waals surface area contributed by atoms with Gasteiger partial charge in [0.1, 0.15) is 11.9 Å². The third-order valence-corrected chi connectivity index (χ3v) is 2.89. The molecule has 0 fully saturated rings. The fraction of sp³-hybridized carbons (Fsp3) is 0.571. The average molecular weight is 270 g/mol. The van der Waals surface area contributed by atoms with Gasteiger partial charge in [-0.1, -0.05) is 12.1 Å². The molecule has 1 aromatic rings. The Kier molecular flexibility index (Phi) is 7.43. The second-order valence-corrected chi connectivity index (χ2v) is 4.21. The quantitative estimate of drug-likeness (QED) is 0.654. The van der Waals surface area contributed by atoms with E-state index in [0.29, 0.717) is 19.6 Å². The molecular weight excluding hydrogens is 248 g/mol. The van der Waals surface area contributed by atoms with Crippen LogP contribution >= 0.6 is 0 Å². The summed E-state index contributed by atoms with van der Waals surface area (Å²) in [6, 6.07) is 7.64. The van der Waals surface area contributed by atoms with Crippen LogP contribution in [0.4, 0.5) is 0 Å². The molecule has 19 heavy (non-hydrogen) atoms. The minimum atomic E-state index is -0.866. The lowest BCUT2D eigenvalue weighted by Gasteiger charge is -2.19. The second kappa shape index (κ2) is 8.87. The van der Waals surface area contributed by atoms with Gasteiger partial charge in [0.05, 0.1) is 26.4 Å². The smallest absolute Gasteiger partial charge is 0.118 e. The van der Waals surface area contributed by atoms with Crippen molar-refractivity contribution in [1.82, 2.24) is 0 Å². The molecule has 0 saturated heterocycles. The average Bonchev–Trinajstić information content (AvgIpc) is 2.47. The number of aliphatic hydroxyl groups is 2. The van der Waals surface area contributed by atoms with Gasteiger partial charge in [0, 0.05) is 13.7 Å². The molecule has 1 rings (SSSR count). The van der Waals surface area contributed by atoms with Crippen LogP contribution in [0.1, 0.15) is 12.0 Å². The number of ether oxygens (including phenoxy) is 3. The fourth-order valence-electron chi connectivity index (χ4n) is 1.70. The van der Waals surface area contributed by atoms with E-state index in [2.05, 4.69) is 0 Å². The number of methoxy groups -OCH3 is 2. The van der Waals surface area contributed by atoms with E-state index >= 15 is 0 Å². The molecule has 5 heteroatoms. The molecule has 0 aliphatic heterocycles. The van der Waals surface area contributed by atoms with Crippen LogP contribution in [0.15, 0.2) is 24.3 Å². The van der Waals surface area contributed by atoms with Crippen molar-refractivity contribution in [2.75, 3.05) is 27.4 Å². The summed E-state index contributed by atoms with van der Waals surface area (Å²) in [5.41, 5.74) is 1.05.